The lowest BCUT2D eigenvalue weighted by Gasteiger charge is -2.01. The Morgan fingerprint density at radius 3 is 2.32 bits per heavy atom. The molecule has 8 nitrogen and oxygen atoms in total. The third-order valence-corrected chi connectivity index (χ3v) is 3.79. The summed E-state index contributed by atoms with van der Waals surface area (Å²) in [5, 5.41) is 11.2. The number of allylic oxidation sites excluding steroid dienone is 1. The van der Waals surface area contributed by atoms with Crippen molar-refractivity contribution < 1.29 is 28.7 Å². The molecule has 2 aliphatic heterocycles. The molecule has 0 fully saturated rings. The Hall–Kier alpha value is -3.55. The third kappa shape index (κ3) is 2.74. The van der Waals surface area contributed by atoms with Crippen LogP contribution in [-0.4, -0.2) is 24.3 Å². The first-order valence-corrected chi connectivity index (χ1v) is 7.32. The molecule has 0 atom stereocenters. The zero-order chi connectivity index (χ0) is 17.4. The van der Waals surface area contributed by atoms with E-state index in [9.17, 15) is 14.9 Å². The van der Waals surface area contributed by atoms with Crippen LogP contribution in [0.5, 0.6) is 23.0 Å². The second-order valence-electron chi connectivity index (χ2n) is 5.29. The van der Waals surface area contributed by atoms with E-state index in [1.165, 1.54) is 24.3 Å². The number of benzene rings is 2. The number of ether oxygens (including phenoxy) is 4. The van der Waals surface area contributed by atoms with Gasteiger partial charge in [0.15, 0.2) is 28.8 Å². The molecule has 126 valence electrons. The van der Waals surface area contributed by atoms with Crippen molar-refractivity contribution in [3.63, 3.8) is 0 Å². The molecule has 0 N–H and O–H groups in total. The topological polar surface area (TPSA) is 97.1 Å². The van der Waals surface area contributed by atoms with Crippen LogP contribution in [0.1, 0.15) is 15.9 Å². The van der Waals surface area contributed by atoms with Gasteiger partial charge in [-0.1, -0.05) is 0 Å². The molecule has 0 bridgehead atoms. The van der Waals surface area contributed by atoms with E-state index in [1.54, 1.807) is 18.2 Å². The number of hydrogen-bond acceptors (Lipinski definition) is 7. The monoisotopic (exact) mass is 341 g/mol. The fourth-order valence-corrected chi connectivity index (χ4v) is 2.55. The molecule has 25 heavy (non-hydrogen) atoms. The molecule has 0 unspecified atom stereocenters. The highest BCUT2D eigenvalue weighted by Crippen LogP contribution is 2.38. The first-order valence-electron chi connectivity index (χ1n) is 7.32. The van der Waals surface area contributed by atoms with Gasteiger partial charge in [0.05, 0.1) is 16.6 Å². The molecule has 2 aromatic carbocycles. The van der Waals surface area contributed by atoms with E-state index in [1.807, 2.05) is 0 Å². The Balaban J connectivity index is 1.63. The van der Waals surface area contributed by atoms with Crippen LogP contribution in [0.2, 0.25) is 0 Å². The molecule has 4 rings (SSSR count). The molecular formula is C17H11NO7. The zero-order valence-electron chi connectivity index (χ0n) is 12.8. The molecule has 0 saturated carbocycles. The van der Waals surface area contributed by atoms with Crippen molar-refractivity contribution in [2.24, 2.45) is 0 Å². The lowest BCUT2D eigenvalue weighted by atomic mass is 10.1. The zero-order valence-corrected chi connectivity index (χ0v) is 12.8. The van der Waals surface area contributed by atoms with Crippen LogP contribution >= 0.6 is 0 Å². The SMILES string of the molecule is O=C(C=Cc1cc2c(cc1[N+](=O)[O-])OCO2)c1ccc2c(c1)OCO2. The van der Waals surface area contributed by atoms with Crippen molar-refractivity contribution in [3.8, 4) is 23.0 Å². The van der Waals surface area contributed by atoms with Crippen molar-refractivity contribution >= 4 is 17.5 Å². The summed E-state index contributed by atoms with van der Waals surface area (Å²) in [6.07, 6.45) is 2.65. The van der Waals surface area contributed by atoms with Crippen LogP contribution in [0, 0.1) is 10.1 Å². The van der Waals surface area contributed by atoms with Crippen molar-refractivity contribution in [2.75, 3.05) is 13.6 Å². The van der Waals surface area contributed by atoms with Gasteiger partial charge in [-0.15, -0.1) is 0 Å². The summed E-state index contributed by atoms with van der Waals surface area (Å²) >= 11 is 0. The highest BCUT2D eigenvalue weighted by molar-refractivity contribution is 6.07. The number of ketones is 1. The van der Waals surface area contributed by atoms with Gasteiger partial charge in [-0.3, -0.25) is 14.9 Å². The fraction of sp³-hybridized carbons (Fsp3) is 0.118. The summed E-state index contributed by atoms with van der Waals surface area (Å²) < 4.78 is 20.8. The van der Waals surface area contributed by atoms with Crippen LogP contribution in [0.25, 0.3) is 6.08 Å². The van der Waals surface area contributed by atoms with Gasteiger partial charge in [0.2, 0.25) is 13.6 Å². The first kappa shape index (κ1) is 15.0. The highest BCUT2D eigenvalue weighted by Gasteiger charge is 2.22. The maximum Gasteiger partial charge on any atom is 0.280 e. The lowest BCUT2D eigenvalue weighted by Crippen LogP contribution is -1.96. The smallest absolute Gasteiger partial charge is 0.280 e. The highest BCUT2D eigenvalue weighted by atomic mass is 16.7. The average molecular weight is 341 g/mol. The first-order chi connectivity index (χ1) is 12.1. The number of hydrogen-bond donors (Lipinski definition) is 0. The Kier molecular flexibility index (Phi) is 3.50. The van der Waals surface area contributed by atoms with Crippen molar-refractivity contribution in [1.29, 1.82) is 0 Å². The Morgan fingerprint density at radius 2 is 1.60 bits per heavy atom. The largest absolute Gasteiger partial charge is 0.454 e. The second-order valence-corrected chi connectivity index (χ2v) is 5.29. The van der Waals surface area contributed by atoms with Gasteiger partial charge in [0.1, 0.15) is 0 Å². The van der Waals surface area contributed by atoms with Crippen molar-refractivity contribution in [3.05, 3.63) is 57.6 Å². The molecule has 0 saturated heterocycles. The van der Waals surface area contributed by atoms with Crippen LogP contribution < -0.4 is 18.9 Å². The second kappa shape index (κ2) is 5.82. The van der Waals surface area contributed by atoms with Gasteiger partial charge >= 0.3 is 0 Å². The summed E-state index contributed by atoms with van der Waals surface area (Å²) in [5.41, 5.74) is 0.478. The molecule has 0 radical (unpaired) electrons. The maximum atomic E-state index is 12.3. The van der Waals surface area contributed by atoms with E-state index in [-0.39, 0.29) is 30.6 Å². The van der Waals surface area contributed by atoms with Gasteiger partial charge in [-0.25, -0.2) is 0 Å². The molecule has 8 heteroatoms. The number of fused-ring (bicyclic) bond motifs is 2. The maximum absolute atomic E-state index is 12.3. The van der Waals surface area contributed by atoms with E-state index >= 15 is 0 Å². The Bertz CT molecular complexity index is 919. The quantitative estimate of drug-likeness (QED) is 0.365. The van der Waals surface area contributed by atoms with E-state index < -0.39 is 4.92 Å². The van der Waals surface area contributed by atoms with E-state index in [4.69, 9.17) is 18.9 Å². The summed E-state index contributed by atoms with van der Waals surface area (Å²) in [6.45, 7) is 0.127. The number of carbonyl (C=O) groups excluding carboxylic acids is 1. The molecule has 0 aliphatic carbocycles. The molecule has 2 aliphatic rings. The van der Waals surface area contributed by atoms with Gasteiger partial charge in [0, 0.05) is 5.56 Å². The number of rotatable bonds is 4. The summed E-state index contributed by atoms with van der Waals surface area (Å²) in [5.74, 6) is 1.47. The predicted molar refractivity (Wildman–Crippen MR) is 85.1 cm³/mol. The summed E-state index contributed by atoms with van der Waals surface area (Å²) in [4.78, 5) is 23.0. The van der Waals surface area contributed by atoms with Crippen LogP contribution in [0.15, 0.2) is 36.4 Å². The van der Waals surface area contributed by atoms with Gasteiger partial charge in [-0.05, 0) is 36.4 Å². The third-order valence-electron chi connectivity index (χ3n) is 3.79. The van der Waals surface area contributed by atoms with E-state index in [2.05, 4.69) is 0 Å². The van der Waals surface area contributed by atoms with Crippen molar-refractivity contribution in [1.82, 2.24) is 0 Å². The van der Waals surface area contributed by atoms with Crippen LogP contribution in [-0.2, 0) is 0 Å². The van der Waals surface area contributed by atoms with Gasteiger partial charge in [-0.2, -0.15) is 0 Å². The number of nitrogens with zero attached hydrogens (tertiary/aromatic N) is 1. The fourth-order valence-electron chi connectivity index (χ4n) is 2.55. The predicted octanol–water partition coefficient (Wildman–Crippen LogP) is 2.95. The number of carbonyl (C=O) groups is 1. The minimum Gasteiger partial charge on any atom is -0.454 e. The standard InChI is InChI=1S/C17H11NO7/c19-13(11-2-4-14-15(6-11)23-8-22-14)3-1-10-5-16-17(25-9-24-16)7-12(10)18(20)21/h1-7H,8-9H2. The van der Waals surface area contributed by atoms with Crippen molar-refractivity contribution in [2.45, 2.75) is 0 Å². The molecule has 0 amide bonds. The van der Waals surface area contributed by atoms with Gasteiger partial charge in [0.25, 0.3) is 5.69 Å². The summed E-state index contributed by atoms with van der Waals surface area (Å²) in [7, 11) is 0. The van der Waals surface area contributed by atoms with Gasteiger partial charge < -0.3 is 18.9 Å². The minimum atomic E-state index is -0.535. The van der Waals surface area contributed by atoms with E-state index in [0.29, 0.717) is 28.6 Å². The van der Waals surface area contributed by atoms with E-state index in [0.717, 1.165) is 0 Å². The average Bonchev–Trinajstić information content (AvgIpc) is 3.26. The molecule has 0 spiro atoms. The number of nitro benzene ring substituents is 1. The number of nitro groups is 1. The lowest BCUT2D eigenvalue weighted by molar-refractivity contribution is -0.385. The Morgan fingerprint density at radius 1 is 0.960 bits per heavy atom. The molecule has 0 aromatic heterocycles. The Labute approximate surface area is 141 Å². The normalized spacial score (nSPS) is 14.1. The molecule has 2 heterocycles. The van der Waals surface area contributed by atoms with Crippen LogP contribution in [0.3, 0.4) is 0 Å². The summed E-state index contributed by atoms with van der Waals surface area (Å²) in [6, 6.07) is 7.58. The molecular weight excluding hydrogens is 330 g/mol. The molecule has 2 aromatic rings. The minimum absolute atomic E-state index is 0.00970. The van der Waals surface area contributed by atoms with Crippen LogP contribution in [0.4, 0.5) is 5.69 Å².